The number of rotatable bonds is 6. The summed E-state index contributed by atoms with van der Waals surface area (Å²) in [6.45, 7) is 5.19. The number of ether oxygens (including phenoxy) is 1. The number of benzene rings is 2. The predicted octanol–water partition coefficient (Wildman–Crippen LogP) is 3.87. The molecule has 23 heavy (non-hydrogen) atoms. The maximum absolute atomic E-state index is 10.2. The molecule has 0 radical (unpaired) electrons. The number of hydrogen-bond acceptors (Lipinski definition) is 3. The van der Waals surface area contributed by atoms with E-state index in [1.807, 2.05) is 62.4 Å². The van der Waals surface area contributed by atoms with Crippen LogP contribution >= 0.6 is 0 Å². The fourth-order valence-electron chi connectivity index (χ4n) is 2.73. The van der Waals surface area contributed by atoms with Crippen LogP contribution in [0.25, 0.3) is 11.0 Å². The van der Waals surface area contributed by atoms with Crippen LogP contribution in [0.3, 0.4) is 0 Å². The third-order valence-electron chi connectivity index (χ3n) is 3.94. The van der Waals surface area contributed by atoms with Gasteiger partial charge in [-0.1, -0.05) is 31.2 Å². The van der Waals surface area contributed by atoms with Crippen LogP contribution < -0.4 is 4.74 Å². The van der Waals surface area contributed by atoms with E-state index >= 15 is 0 Å². The van der Waals surface area contributed by atoms with E-state index in [0.717, 1.165) is 16.8 Å². The van der Waals surface area contributed by atoms with Crippen LogP contribution in [0.15, 0.2) is 48.5 Å². The minimum absolute atomic E-state index is 0.535. The molecule has 1 N–H and O–H groups in total. The van der Waals surface area contributed by atoms with Gasteiger partial charge in [0, 0.05) is 0 Å². The summed E-state index contributed by atoms with van der Waals surface area (Å²) in [5, 5.41) is 10.2. The van der Waals surface area contributed by atoms with Gasteiger partial charge in [-0.05, 0) is 43.2 Å². The minimum atomic E-state index is -0.554. The van der Waals surface area contributed by atoms with Gasteiger partial charge in [0.15, 0.2) is 0 Å². The van der Waals surface area contributed by atoms with Crippen molar-refractivity contribution in [1.82, 2.24) is 9.55 Å². The Hall–Kier alpha value is -2.33. The van der Waals surface area contributed by atoms with Gasteiger partial charge in [0.25, 0.3) is 0 Å². The molecule has 0 unspecified atom stereocenters. The molecule has 0 saturated heterocycles. The first-order chi connectivity index (χ1) is 11.2. The first-order valence-electron chi connectivity index (χ1n) is 8.01. The molecule has 0 saturated carbocycles. The van der Waals surface area contributed by atoms with Gasteiger partial charge in [-0.3, -0.25) is 0 Å². The van der Waals surface area contributed by atoms with Crippen molar-refractivity contribution in [1.29, 1.82) is 0 Å². The van der Waals surface area contributed by atoms with Gasteiger partial charge in [0.1, 0.15) is 24.3 Å². The molecule has 2 aromatic carbocycles. The lowest BCUT2D eigenvalue weighted by Crippen LogP contribution is -2.13. The van der Waals surface area contributed by atoms with Crippen LogP contribution in [0.1, 0.15) is 30.8 Å². The van der Waals surface area contributed by atoms with E-state index in [9.17, 15) is 5.11 Å². The number of aliphatic hydroxyl groups excluding tert-OH is 1. The maximum Gasteiger partial charge on any atom is 0.138 e. The summed E-state index contributed by atoms with van der Waals surface area (Å²) < 4.78 is 7.90. The Labute approximate surface area is 136 Å². The van der Waals surface area contributed by atoms with Crippen LogP contribution in [-0.4, -0.2) is 21.3 Å². The van der Waals surface area contributed by atoms with Crippen molar-refractivity contribution in [3.05, 3.63) is 59.9 Å². The molecule has 0 aliphatic heterocycles. The highest BCUT2D eigenvalue weighted by Crippen LogP contribution is 2.22. The van der Waals surface area contributed by atoms with Gasteiger partial charge in [-0.25, -0.2) is 4.98 Å². The quantitative estimate of drug-likeness (QED) is 0.752. The molecule has 0 bridgehead atoms. The number of aryl methyl sites for hydroxylation is 1. The third-order valence-corrected chi connectivity index (χ3v) is 3.94. The van der Waals surface area contributed by atoms with Gasteiger partial charge < -0.3 is 14.4 Å². The lowest BCUT2D eigenvalue weighted by molar-refractivity contribution is 0.157. The Morgan fingerprint density at radius 2 is 2.00 bits per heavy atom. The number of imidazole rings is 1. The summed E-state index contributed by atoms with van der Waals surface area (Å²) in [5.74, 6) is 1.58. The zero-order valence-corrected chi connectivity index (χ0v) is 13.6. The molecular formula is C19H22N2O2. The molecule has 0 fully saturated rings. The highest BCUT2D eigenvalue weighted by atomic mass is 16.5. The molecule has 0 amide bonds. The van der Waals surface area contributed by atoms with E-state index in [1.165, 1.54) is 5.56 Å². The van der Waals surface area contributed by atoms with Crippen LogP contribution in [-0.2, 0) is 6.54 Å². The van der Waals surface area contributed by atoms with Crippen molar-refractivity contribution < 1.29 is 9.84 Å². The van der Waals surface area contributed by atoms with E-state index in [0.29, 0.717) is 25.4 Å². The number of aromatic nitrogens is 2. The molecule has 3 aromatic rings. The Morgan fingerprint density at radius 1 is 1.17 bits per heavy atom. The highest BCUT2D eigenvalue weighted by molar-refractivity contribution is 5.76. The normalized spacial score (nSPS) is 12.5. The summed E-state index contributed by atoms with van der Waals surface area (Å²) in [6, 6.07) is 16.0. The topological polar surface area (TPSA) is 47.3 Å². The van der Waals surface area contributed by atoms with Crippen molar-refractivity contribution in [3.8, 4) is 5.75 Å². The summed E-state index contributed by atoms with van der Waals surface area (Å²) in [5.41, 5.74) is 3.12. The molecule has 4 heteroatoms. The molecule has 0 aliphatic carbocycles. The van der Waals surface area contributed by atoms with E-state index < -0.39 is 6.10 Å². The zero-order chi connectivity index (χ0) is 16.2. The predicted molar refractivity (Wildman–Crippen MR) is 91.7 cm³/mol. The summed E-state index contributed by atoms with van der Waals surface area (Å²) >= 11 is 0. The third kappa shape index (κ3) is 3.37. The number of para-hydroxylation sites is 2. The smallest absolute Gasteiger partial charge is 0.138 e. The van der Waals surface area contributed by atoms with Gasteiger partial charge in [-0.15, -0.1) is 0 Å². The van der Waals surface area contributed by atoms with E-state index in [2.05, 4.69) is 9.55 Å². The average molecular weight is 310 g/mol. The fourth-order valence-corrected chi connectivity index (χ4v) is 2.73. The zero-order valence-electron chi connectivity index (χ0n) is 13.6. The molecule has 120 valence electrons. The molecule has 0 spiro atoms. The SMILES string of the molecule is CC[C@@H](O)c1nc2ccccc2n1CCOc1cccc(C)c1. The number of fused-ring (bicyclic) bond motifs is 1. The second-order valence-electron chi connectivity index (χ2n) is 5.70. The summed E-state index contributed by atoms with van der Waals surface area (Å²) in [4.78, 5) is 4.58. The Kier molecular flexibility index (Phi) is 4.63. The van der Waals surface area contributed by atoms with Crippen molar-refractivity contribution >= 4 is 11.0 Å². The standard InChI is InChI=1S/C19H22N2O2/c1-3-18(22)19-20-16-9-4-5-10-17(16)21(19)11-12-23-15-8-6-7-14(2)13-15/h4-10,13,18,22H,3,11-12H2,1-2H3/t18-/m1/s1. The second-order valence-corrected chi connectivity index (χ2v) is 5.70. The number of nitrogens with zero attached hydrogens (tertiary/aromatic N) is 2. The molecule has 1 atom stereocenters. The van der Waals surface area contributed by atoms with E-state index in [1.54, 1.807) is 0 Å². The second kappa shape index (κ2) is 6.84. The lowest BCUT2D eigenvalue weighted by Gasteiger charge is -2.13. The minimum Gasteiger partial charge on any atom is -0.492 e. The van der Waals surface area contributed by atoms with Crippen molar-refractivity contribution in [2.24, 2.45) is 0 Å². The fraction of sp³-hybridized carbons (Fsp3) is 0.316. The van der Waals surface area contributed by atoms with Crippen LogP contribution in [0.2, 0.25) is 0 Å². The van der Waals surface area contributed by atoms with Crippen molar-refractivity contribution in [2.75, 3.05) is 6.61 Å². The van der Waals surface area contributed by atoms with Gasteiger partial charge in [0.05, 0.1) is 17.6 Å². The molecule has 0 aliphatic rings. The Morgan fingerprint density at radius 3 is 2.78 bits per heavy atom. The van der Waals surface area contributed by atoms with Gasteiger partial charge in [0.2, 0.25) is 0 Å². The maximum atomic E-state index is 10.2. The molecule has 4 nitrogen and oxygen atoms in total. The number of hydrogen-bond donors (Lipinski definition) is 1. The monoisotopic (exact) mass is 310 g/mol. The first kappa shape index (κ1) is 15.6. The van der Waals surface area contributed by atoms with Crippen molar-refractivity contribution in [2.45, 2.75) is 32.9 Å². The Bertz CT molecular complexity index is 795. The summed E-state index contributed by atoms with van der Waals surface area (Å²) in [6.07, 6.45) is 0.0866. The van der Waals surface area contributed by atoms with E-state index in [-0.39, 0.29) is 0 Å². The van der Waals surface area contributed by atoms with E-state index in [4.69, 9.17) is 4.74 Å². The highest BCUT2D eigenvalue weighted by Gasteiger charge is 2.16. The van der Waals surface area contributed by atoms with Crippen LogP contribution in [0, 0.1) is 6.92 Å². The van der Waals surface area contributed by atoms with Gasteiger partial charge >= 0.3 is 0 Å². The summed E-state index contributed by atoms with van der Waals surface area (Å²) in [7, 11) is 0. The van der Waals surface area contributed by atoms with Gasteiger partial charge in [-0.2, -0.15) is 0 Å². The first-order valence-corrected chi connectivity index (χ1v) is 8.01. The van der Waals surface area contributed by atoms with Crippen LogP contribution in [0.4, 0.5) is 0 Å². The Balaban J connectivity index is 1.81. The van der Waals surface area contributed by atoms with Crippen LogP contribution in [0.5, 0.6) is 5.75 Å². The molecule has 3 rings (SSSR count). The molecule has 1 aromatic heterocycles. The van der Waals surface area contributed by atoms with Crippen molar-refractivity contribution in [3.63, 3.8) is 0 Å². The average Bonchev–Trinajstić information content (AvgIpc) is 2.93. The lowest BCUT2D eigenvalue weighted by atomic mass is 10.2. The molecule has 1 heterocycles. The largest absolute Gasteiger partial charge is 0.492 e. The number of aliphatic hydroxyl groups is 1. The molecular weight excluding hydrogens is 288 g/mol.